The quantitative estimate of drug-likeness (QED) is 0.782. The van der Waals surface area contributed by atoms with Crippen LogP contribution in [0.3, 0.4) is 0 Å². The number of ether oxygens (including phenoxy) is 1. The summed E-state index contributed by atoms with van der Waals surface area (Å²) in [5.41, 5.74) is 0.0889. The van der Waals surface area contributed by atoms with Crippen molar-refractivity contribution in [3.8, 4) is 0 Å². The molecule has 1 rings (SSSR count). The number of nitrogens with one attached hydrogen (secondary N) is 1. The molecule has 0 heterocycles. The van der Waals surface area contributed by atoms with Crippen molar-refractivity contribution in [3.63, 3.8) is 0 Å². The fourth-order valence-corrected chi connectivity index (χ4v) is 2.83. The van der Waals surface area contributed by atoms with Crippen LogP contribution in [0.15, 0.2) is 24.3 Å². The highest BCUT2D eigenvalue weighted by atomic mass is 35.5. The first-order valence-corrected chi connectivity index (χ1v) is 8.40. The summed E-state index contributed by atoms with van der Waals surface area (Å²) in [7, 11) is 0. The molecule has 0 aromatic heterocycles. The minimum atomic E-state index is -0.538. The van der Waals surface area contributed by atoms with Crippen LogP contribution in [0.5, 0.6) is 0 Å². The van der Waals surface area contributed by atoms with E-state index in [1.165, 1.54) is 0 Å². The van der Waals surface area contributed by atoms with Crippen molar-refractivity contribution in [1.29, 1.82) is 0 Å². The lowest BCUT2D eigenvalue weighted by molar-refractivity contribution is 0.0455. The maximum Gasteiger partial charge on any atom is 0.407 e. The number of alkyl carbamates (subject to hydrolysis) is 1. The lowest BCUT2D eigenvalue weighted by Gasteiger charge is -2.32. The number of amides is 1. The van der Waals surface area contributed by atoms with E-state index in [1.807, 2.05) is 45.0 Å². The van der Waals surface area contributed by atoms with Gasteiger partial charge in [0.25, 0.3) is 0 Å². The summed E-state index contributed by atoms with van der Waals surface area (Å²) in [6.45, 7) is 7.88. The standard InChI is InChI=1S/C18H28ClNO3/c1-5-9-18(13-21,11-14-7-6-8-15(19)10-14)12-20-16(22)23-17(2,3)4/h6-8,10,21H,5,9,11-13H2,1-4H3,(H,20,22). The van der Waals surface area contributed by atoms with Gasteiger partial charge >= 0.3 is 6.09 Å². The molecule has 0 spiro atoms. The zero-order valence-electron chi connectivity index (χ0n) is 14.5. The highest BCUT2D eigenvalue weighted by Crippen LogP contribution is 2.29. The Bertz CT molecular complexity index is 513. The largest absolute Gasteiger partial charge is 0.444 e. The van der Waals surface area contributed by atoms with Crippen molar-refractivity contribution in [2.75, 3.05) is 13.2 Å². The van der Waals surface area contributed by atoms with Crippen LogP contribution in [0.1, 0.15) is 46.1 Å². The summed E-state index contributed by atoms with van der Waals surface area (Å²) in [5.74, 6) is 0. The number of aliphatic hydroxyl groups is 1. The molecule has 5 heteroatoms. The molecule has 0 aliphatic rings. The molecule has 4 nitrogen and oxygen atoms in total. The lowest BCUT2D eigenvalue weighted by atomic mass is 9.78. The fraction of sp³-hybridized carbons (Fsp3) is 0.611. The molecule has 23 heavy (non-hydrogen) atoms. The maximum absolute atomic E-state index is 11.9. The molecule has 0 aliphatic heterocycles. The van der Waals surface area contributed by atoms with E-state index >= 15 is 0 Å². The molecule has 0 saturated heterocycles. The monoisotopic (exact) mass is 341 g/mol. The number of carbonyl (C=O) groups excluding carboxylic acids is 1. The van der Waals surface area contributed by atoms with Crippen LogP contribution in [-0.4, -0.2) is 30.0 Å². The summed E-state index contributed by atoms with van der Waals surface area (Å²) in [6, 6.07) is 7.60. The lowest BCUT2D eigenvalue weighted by Crippen LogP contribution is -2.43. The SMILES string of the molecule is CCCC(CO)(CNC(=O)OC(C)(C)C)Cc1cccc(Cl)c1. The van der Waals surface area contributed by atoms with E-state index < -0.39 is 17.1 Å². The van der Waals surface area contributed by atoms with Crippen molar-refractivity contribution >= 4 is 17.7 Å². The van der Waals surface area contributed by atoms with Gasteiger partial charge in [-0.25, -0.2) is 4.79 Å². The average molecular weight is 342 g/mol. The first-order chi connectivity index (χ1) is 10.7. The van der Waals surface area contributed by atoms with Crippen molar-refractivity contribution in [2.45, 2.75) is 52.6 Å². The van der Waals surface area contributed by atoms with Crippen LogP contribution in [0.25, 0.3) is 0 Å². The summed E-state index contributed by atoms with van der Waals surface area (Å²) in [6.07, 6.45) is 1.90. The van der Waals surface area contributed by atoms with E-state index in [0.29, 0.717) is 18.0 Å². The topological polar surface area (TPSA) is 58.6 Å². The van der Waals surface area contributed by atoms with Crippen LogP contribution in [0.2, 0.25) is 5.02 Å². The molecule has 0 radical (unpaired) electrons. The normalized spacial score (nSPS) is 14.2. The first-order valence-electron chi connectivity index (χ1n) is 8.02. The van der Waals surface area contributed by atoms with Gasteiger partial charge in [-0.1, -0.05) is 37.1 Å². The number of hydrogen-bond donors (Lipinski definition) is 2. The maximum atomic E-state index is 11.9. The van der Waals surface area contributed by atoms with Crippen LogP contribution in [-0.2, 0) is 11.2 Å². The van der Waals surface area contributed by atoms with Crippen molar-refractivity contribution < 1.29 is 14.6 Å². The van der Waals surface area contributed by atoms with Gasteiger partial charge in [-0.15, -0.1) is 0 Å². The minimum Gasteiger partial charge on any atom is -0.444 e. The van der Waals surface area contributed by atoms with Crippen molar-refractivity contribution in [2.24, 2.45) is 5.41 Å². The van der Waals surface area contributed by atoms with E-state index in [9.17, 15) is 9.90 Å². The number of hydrogen-bond acceptors (Lipinski definition) is 3. The van der Waals surface area contributed by atoms with Gasteiger partial charge in [-0.05, 0) is 51.3 Å². The molecule has 1 unspecified atom stereocenters. The Balaban J connectivity index is 2.79. The number of benzene rings is 1. The molecule has 0 bridgehead atoms. The van der Waals surface area contributed by atoms with Gasteiger partial charge in [0.05, 0.1) is 6.61 Å². The minimum absolute atomic E-state index is 0.0108. The Hall–Kier alpha value is -1.26. The average Bonchev–Trinajstić information content (AvgIpc) is 2.43. The zero-order chi connectivity index (χ0) is 17.5. The predicted molar refractivity (Wildman–Crippen MR) is 93.8 cm³/mol. The summed E-state index contributed by atoms with van der Waals surface area (Å²) in [5, 5.41) is 13.4. The Kier molecular flexibility index (Phi) is 7.36. The Morgan fingerprint density at radius 3 is 2.57 bits per heavy atom. The van der Waals surface area contributed by atoms with E-state index in [2.05, 4.69) is 12.2 Å². The summed E-state index contributed by atoms with van der Waals surface area (Å²) in [4.78, 5) is 11.9. The molecule has 0 saturated carbocycles. The molecular formula is C18H28ClNO3. The van der Waals surface area contributed by atoms with Gasteiger partial charge < -0.3 is 15.2 Å². The molecule has 0 aliphatic carbocycles. The Morgan fingerprint density at radius 1 is 1.35 bits per heavy atom. The second kappa shape index (κ2) is 8.55. The van der Waals surface area contributed by atoms with Crippen LogP contribution in [0, 0.1) is 5.41 Å². The van der Waals surface area contributed by atoms with Gasteiger partial charge in [-0.2, -0.15) is 0 Å². The van der Waals surface area contributed by atoms with E-state index in [4.69, 9.17) is 16.3 Å². The van der Waals surface area contributed by atoms with Crippen molar-refractivity contribution in [1.82, 2.24) is 5.32 Å². The molecule has 1 aromatic rings. The molecule has 1 amide bonds. The van der Waals surface area contributed by atoms with Crippen LogP contribution >= 0.6 is 11.6 Å². The third-order valence-corrected chi connectivity index (χ3v) is 3.83. The number of rotatable bonds is 7. The molecule has 0 fully saturated rings. The third kappa shape index (κ3) is 7.23. The van der Waals surface area contributed by atoms with Gasteiger partial charge in [0.2, 0.25) is 0 Å². The molecule has 130 valence electrons. The van der Waals surface area contributed by atoms with Crippen LogP contribution in [0.4, 0.5) is 4.79 Å². The Labute approximate surface area is 144 Å². The number of carbonyl (C=O) groups is 1. The van der Waals surface area contributed by atoms with E-state index in [0.717, 1.165) is 18.4 Å². The zero-order valence-corrected chi connectivity index (χ0v) is 15.2. The summed E-state index contributed by atoms with van der Waals surface area (Å²) >= 11 is 6.04. The van der Waals surface area contributed by atoms with Gasteiger partial charge in [-0.3, -0.25) is 0 Å². The number of halogens is 1. The second-order valence-corrected chi connectivity index (χ2v) is 7.51. The Morgan fingerprint density at radius 2 is 2.04 bits per heavy atom. The van der Waals surface area contributed by atoms with Crippen molar-refractivity contribution in [3.05, 3.63) is 34.9 Å². The third-order valence-electron chi connectivity index (χ3n) is 3.59. The smallest absolute Gasteiger partial charge is 0.407 e. The van der Waals surface area contributed by atoms with Gasteiger partial charge in [0, 0.05) is 17.0 Å². The number of aliphatic hydroxyl groups excluding tert-OH is 1. The van der Waals surface area contributed by atoms with Gasteiger partial charge in [0.1, 0.15) is 5.60 Å². The molecule has 1 aromatic carbocycles. The fourth-order valence-electron chi connectivity index (χ4n) is 2.61. The second-order valence-electron chi connectivity index (χ2n) is 7.07. The predicted octanol–water partition coefficient (Wildman–Crippen LogP) is 4.19. The van der Waals surface area contributed by atoms with Crippen LogP contribution < -0.4 is 5.32 Å². The highest BCUT2D eigenvalue weighted by molar-refractivity contribution is 6.30. The summed E-state index contributed by atoms with van der Waals surface area (Å²) < 4.78 is 5.27. The first kappa shape index (κ1) is 19.8. The van der Waals surface area contributed by atoms with E-state index in [-0.39, 0.29) is 6.61 Å². The highest BCUT2D eigenvalue weighted by Gasteiger charge is 2.30. The van der Waals surface area contributed by atoms with E-state index in [1.54, 1.807) is 0 Å². The van der Waals surface area contributed by atoms with Gasteiger partial charge in [0.15, 0.2) is 0 Å². The molecule has 2 N–H and O–H groups in total. The molecule has 1 atom stereocenters. The molecular weight excluding hydrogens is 314 g/mol.